The fraction of sp³-hybridized carbons (Fsp3) is 0.800. The van der Waals surface area contributed by atoms with Gasteiger partial charge in [0.25, 0.3) is 0 Å². The first-order valence-electron chi connectivity index (χ1n) is 6.72. The molecule has 0 heterocycles. The van der Waals surface area contributed by atoms with Crippen molar-refractivity contribution in [3.63, 3.8) is 0 Å². The zero-order valence-corrected chi connectivity index (χ0v) is 11.9. The molecule has 3 heteroatoms. The first-order valence-corrected chi connectivity index (χ1v) is 6.72. The zero-order chi connectivity index (χ0) is 13.6. The van der Waals surface area contributed by atoms with Crippen LogP contribution in [0.15, 0.2) is 12.7 Å². The number of esters is 1. The number of methoxy groups -OCH3 is 1. The van der Waals surface area contributed by atoms with Crippen LogP contribution in [0.5, 0.6) is 0 Å². The van der Waals surface area contributed by atoms with Crippen LogP contribution in [0.4, 0.5) is 0 Å². The van der Waals surface area contributed by atoms with Crippen LogP contribution in [0, 0.1) is 16.7 Å². The van der Waals surface area contributed by atoms with Gasteiger partial charge in [-0.15, -0.1) is 0 Å². The molecule has 4 atom stereocenters. The maximum atomic E-state index is 11.6. The van der Waals surface area contributed by atoms with Crippen LogP contribution in [0.25, 0.3) is 0 Å². The maximum Gasteiger partial charge on any atom is 0.339 e. The van der Waals surface area contributed by atoms with Crippen molar-refractivity contribution in [2.75, 3.05) is 7.11 Å². The van der Waals surface area contributed by atoms with E-state index >= 15 is 0 Å². The molecular weight excluding hydrogens is 228 g/mol. The lowest BCUT2D eigenvalue weighted by molar-refractivity contribution is -0.159. The smallest absolute Gasteiger partial charge is 0.339 e. The summed E-state index contributed by atoms with van der Waals surface area (Å²) in [5.74, 6) is 0.352. The van der Waals surface area contributed by atoms with Crippen molar-refractivity contribution in [3.8, 4) is 0 Å². The van der Waals surface area contributed by atoms with Crippen LogP contribution in [0.3, 0.4) is 0 Å². The van der Waals surface area contributed by atoms with Crippen molar-refractivity contribution in [1.29, 1.82) is 0 Å². The molecule has 0 spiro atoms. The molecule has 2 bridgehead atoms. The lowest BCUT2D eigenvalue weighted by Gasteiger charge is -2.39. The molecule has 3 nitrogen and oxygen atoms in total. The summed E-state index contributed by atoms with van der Waals surface area (Å²) in [7, 11) is 1.38. The molecule has 0 aromatic heterocycles. The Balaban J connectivity index is 2.13. The molecule has 18 heavy (non-hydrogen) atoms. The van der Waals surface area contributed by atoms with Gasteiger partial charge in [0.15, 0.2) is 6.10 Å². The molecule has 102 valence electrons. The number of rotatable bonds is 4. The molecule has 4 unspecified atom stereocenters. The molecule has 0 aliphatic heterocycles. The summed E-state index contributed by atoms with van der Waals surface area (Å²) < 4.78 is 10.7. The third-order valence-electron chi connectivity index (χ3n) is 5.67. The second-order valence-electron chi connectivity index (χ2n) is 6.41. The molecule has 0 aromatic rings. The van der Waals surface area contributed by atoms with E-state index in [1.807, 2.05) is 0 Å². The van der Waals surface area contributed by atoms with Gasteiger partial charge in [-0.05, 0) is 36.0 Å². The Morgan fingerprint density at radius 1 is 1.44 bits per heavy atom. The van der Waals surface area contributed by atoms with Gasteiger partial charge in [-0.1, -0.05) is 33.4 Å². The average molecular weight is 252 g/mol. The van der Waals surface area contributed by atoms with E-state index in [1.165, 1.54) is 26.0 Å². The van der Waals surface area contributed by atoms with E-state index in [9.17, 15) is 4.79 Å². The number of hydrogen-bond donors (Lipinski definition) is 0. The van der Waals surface area contributed by atoms with E-state index in [2.05, 4.69) is 27.4 Å². The van der Waals surface area contributed by atoms with E-state index in [-0.39, 0.29) is 17.5 Å². The van der Waals surface area contributed by atoms with Crippen LogP contribution in [-0.4, -0.2) is 25.3 Å². The third kappa shape index (κ3) is 1.71. The minimum Gasteiger partial charge on any atom is -0.467 e. The Bertz CT molecular complexity index is 361. The van der Waals surface area contributed by atoms with Gasteiger partial charge in [-0.2, -0.15) is 0 Å². The second kappa shape index (κ2) is 4.37. The second-order valence-corrected chi connectivity index (χ2v) is 6.41. The fourth-order valence-electron chi connectivity index (χ4n) is 3.84. The average Bonchev–Trinajstić information content (AvgIpc) is 2.67. The van der Waals surface area contributed by atoms with Gasteiger partial charge >= 0.3 is 5.97 Å². The molecule has 0 radical (unpaired) electrons. The van der Waals surface area contributed by atoms with Crippen LogP contribution in [-0.2, 0) is 14.3 Å². The lowest BCUT2D eigenvalue weighted by Crippen LogP contribution is -2.40. The Morgan fingerprint density at radius 3 is 2.50 bits per heavy atom. The SMILES string of the molecule is C=CC(OC1CC2CCC1(C)C2(C)C)C(=O)OC. The number of hydrogen-bond acceptors (Lipinski definition) is 3. The largest absolute Gasteiger partial charge is 0.467 e. The first kappa shape index (κ1) is 13.6. The summed E-state index contributed by atoms with van der Waals surface area (Å²) in [5, 5.41) is 0. The Hall–Kier alpha value is -0.830. The zero-order valence-electron chi connectivity index (χ0n) is 11.9. The first-order chi connectivity index (χ1) is 8.36. The van der Waals surface area contributed by atoms with Gasteiger partial charge in [0, 0.05) is 0 Å². The van der Waals surface area contributed by atoms with Gasteiger partial charge in [0.05, 0.1) is 13.2 Å². The Kier molecular flexibility index (Phi) is 3.30. The minimum absolute atomic E-state index is 0.133. The van der Waals surface area contributed by atoms with Crippen LogP contribution in [0.1, 0.15) is 40.0 Å². The molecule has 2 fully saturated rings. The molecule has 0 N–H and O–H groups in total. The summed E-state index contributed by atoms with van der Waals surface area (Å²) in [5.41, 5.74) is 0.451. The van der Waals surface area contributed by atoms with Gasteiger partial charge < -0.3 is 9.47 Å². The number of ether oxygens (including phenoxy) is 2. The highest BCUT2D eigenvalue weighted by Gasteiger charge is 2.62. The highest BCUT2D eigenvalue weighted by atomic mass is 16.6. The summed E-state index contributed by atoms with van der Waals surface area (Å²) in [6, 6.07) is 0. The molecule has 2 rings (SSSR count). The topological polar surface area (TPSA) is 35.5 Å². The van der Waals surface area contributed by atoms with E-state index in [4.69, 9.17) is 9.47 Å². The molecule has 0 aromatic carbocycles. The predicted molar refractivity (Wildman–Crippen MR) is 70.1 cm³/mol. The third-order valence-corrected chi connectivity index (χ3v) is 5.67. The van der Waals surface area contributed by atoms with Crippen molar-refractivity contribution in [1.82, 2.24) is 0 Å². The molecular formula is C15H24O3. The summed E-state index contributed by atoms with van der Waals surface area (Å²) in [6.45, 7) is 10.6. The van der Waals surface area contributed by atoms with E-state index in [1.54, 1.807) is 0 Å². The van der Waals surface area contributed by atoms with Crippen LogP contribution in [0.2, 0.25) is 0 Å². The van der Waals surface area contributed by atoms with E-state index in [0.29, 0.717) is 11.3 Å². The lowest BCUT2D eigenvalue weighted by atomic mass is 9.70. The maximum absolute atomic E-state index is 11.6. The quantitative estimate of drug-likeness (QED) is 0.570. The van der Waals surface area contributed by atoms with Crippen LogP contribution >= 0.6 is 0 Å². The normalized spacial score (nSPS) is 38.4. The van der Waals surface area contributed by atoms with Crippen molar-refractivity contribution in [3.05, 3.63) is 12.7 Å². The summed E-state index contributed by atoms with van der Waals surface area (Å²) >= 11 is 0. The van der Waals surface area contributed by atoms with Gasteiger partial charge in [-0.3, -0.25) is 0 Å². The molecule has 2 aliphatic rings. The van der Waals surface area contributed by atoms with Crippen molar-refractivity contribution < 1.29 is 14.3 Å². The number of carbonyl (C=O) groups excluding carboxylic acids is 1. The molecule has 2 saturated carbocycles. The molecule has 0 saturated heterocycles. The Morgan fingerprint density at radius 2 is 2.11 bits per heavy atom. The van der Waals surface area contributed by atoms with E-state index in [0.717, 1.165) is 6.42 Å². The van der Waals surface area contributed by atoms with Gasteiger partial charge in [0.1, 0.15) is 0 Å². The number of carbonyl (C=O) groups is 1. The van der Waals surface area contributed by atoms with Crippen molar-refractivity contribution in [2.45, 2.75) is 52.2 Å². The predicted octanol–water partition coefficient (Wildman–Crippen LogP) is 2.95. The summed E-state index contributed by atoms with van der Waals surface area (Å²) in [6.07, 6.45) is 4.54. The van der Waals surface area contributed by atoms with E-state index < -0.39 is 6.10 Å². The van der Waals surface area contributed by atoms with Crippen molar-refractivity contribution >= 4 is 5.97 Å². The van der Waals surface area contributed by atoms with Crippen molar-refractivity contribution in [2.24, 2.45) is 16.7 Å². The Labute approximate surface area is 110 Å². The molecule has 2 aliphatic carbocycles. The van der Waals surface area contributed by atoms with Gasteiger partial charge in [0.2, 0.25) is 0 Å². The number of fused-ring (bicyclic) bond motifs is 2. The standard InChI is InChI=1S/C15H24O3/c1-6-11(13(16)17-5)18-12-9-10-7-8-15(12,4)14(10,2)3/h6,10-12H,1,7-9H2,2-5H3. The minimum atomic E-state index is -0.632. The fourth-order valence-corrected chi connectivity index (χ4v) is 3.84. The highest BCUT2D eigenvalue weighted by molar-refractivity contribution is 5.76. The van der Waals surface area contributed by atoms with Gasteiger partial charge in [-0.25, -0.2) is 4.79 Å². The highest BCUT2D eigenvalue weighted by Crippen LogP contribution is 2.66. The summed E-state index contributed by atoms with van der Waals surface area (Å²) in [4.78, 5) is 11.6. The molecule has 0 amide bonds. The van der Waals surface area contributed by atoms with Crippen LogP contribution < -0.4 is 0 Å². The monoisotopic (exact) mass is 252 g/mol.